The maximum Gasteiger partial charge on any atom is 0.283 e. The van der Waals surface area contributed by atoms with E-state index in [1.54, 1.807) is 17.8 Å². The molecule has 0 saturated heterocycles. The molecule has 0 aliphatic heterocycles. The van der Waals surface area contributed by atoms with E-state index >= 15 is 0 Å². The van der Waals surface area contributed by atoms with Gasteiger partial charge in [0.05, 0.1) is 9.82 Å². The summed E-state index contributed by atoms with van der Waals surface area (Å²) in [4.78, 5) is 11.8. The SMILES string of the molecule is CCCCCSc1ccc(CCCCC)cc1[N+](=O)[O-]. The molecule has 0 saturated carbocycles. The lowest BCUT2D eigenvalue weighted by Crippen LogP contribution is -1.94. The number of rotatable bonds is 10. The molecule has 0 amide bonds. The fourth-order valence-corrected chi connectivity index (χ4v) is 3.11. The molecule has 0 radical (unpaired) electrons. The number of aryl methyl sites for hydroxylation is 1. The van der Waals surface area contributed by atoms with Crippen LogP contribution in [0.3, 0.4) is 0 Å². The van der Waals surface area contributed by atoms with Crippen molar-refractivity contribution < 1.29 is 4.92 Å². The monoisotopic (exact) mass is 295 g/mol. The van der Waals surface area contributed by atoms with E-state index in [9.17, 15) is 10.1 Å². The predicted molar refractivity (Wildman–Crippen MR) is 86.6 cm³/mol. The summed E-state index contributed by atoms with van der Waals surface area (Å²) in [5, 5.41) is 11.2. The maximum atomic E-state index is 11.2. The molecular weight excluding hydrogens is 270 g/mol. The molecule has 0 spiro atoms. The van der Waals surface area contributed by atoms with E-state index in [0.717, 1.165) is 35.5 Å². The van der Waals surface area contributed by atoms with Crippen molar-refractivity contribution in [3.8, 4) is 0 Å². The van der Waals surface area contributed by atoms with Crippen LogP contribution < -0.4 is 0 Å². The Morgan fingerprint density at radius 3 is 2.45 bits per heavy atom. The van der Waals surface area contributed by atoms with Crippen LogP contribution in [0.25, 0.3) is 0 Å². The first kappa shape index (κ1) is 17.0. The highest BCUT2D eigenvalue weighted by molar-refractivity contribution is 7.99. The van der Waals surface area contributed by atoms with E-state index in [-0.39, 0.29) is 10.6 Å². The van der Waals surface area contributed by atoms with Crippen molar-refractivity contribution in [3.05, 3.63) is 33.9 Å². The molecule has 0 aliphatic rings. The zero-order valence-corrected chi connectivity index (χ0v) is 13.4. The first-order valence-corrected chi connectivity index (χ1v) is 8.57. The zero-order valence-electron chi connectivity index (χ0n) is 12.6. The Hall–Kier alpha value is -1.03. The fourth-order valence-electron chi connectivity index (χ4n) is 2.10. The molecule has 0 aromatic heterocycles. The van der Waals surface area contributed by atoms with E-state index in [1.807, 2.05) is 12.1 Å². The summed E-state index contributed by atoms with van der Waals surface area (Å²) >= 11 is 1.61. The molecule has 0 fully saturated rings. The minimum Gasteiger partial charge on any atom is -0.258 e. The average Bonchev–Trinajstić information content (AvgIpc) is 2.44. The summed E-state index contributed by atoms with van der Waals surface area (Å²) in [7, 11) is 0. The molecule has 0 heterocycles. The molecule has 20 heavy (non-hydrogen) atoms. The maximum absolute atomic E-state index is 11.2. The lowest BCUT2D eigenvalue weighted by molar-refractivity contribution is -0.387. The lowest BCUT2D eigenvalue weighted by Gasteiger charge is -2.06. The number of benzene rings is 1. The van der Waals surface area contributed by atoms with Gasteiger partial charge in [0.2, 0.25) is 0 Å². The number of hydrogen-bond acceptors (Lipinski definition) is 3. The highest BCUT2D eigenvalue weighted by Gasteiger charge is 2.14. The van der Waals surface area contributed by atoms with Crippen LogP contribution in [0.4, 0.5) is 5.69 Å². The number of nitro groups is 1. The van der Waals surface area contributed by atoms with Gasteiger partial charge in [0.1, 0.15) is 0 Å². The van der Waals surface area contributed by atoms with Gasteiger partial charge in [-0.05, 0) is 36.6 Å². The van der Waals surface area contributed by atoms with E-state index in [0.29, 0.717) is 0 Å². The van der Waals surface area contributed by atoms with Crippen molar-refractivity contribution in [2.45, 2.75) is 63.7 Å². The molecule has 0 atom stereocenters. The predicted octanol–water partition coefficient (Wildman–Crippen LogP) is 5.61. The van der Waals surface area contributed by atoms with Gasteiger partial charge >= 0.3 is 0 Å². The highest BCUT2D eigenvalue weighted by atomic mass is 32.2. The number of unbranched alkanes of at least 4 members (excludes halogenated alkanes) is 4. The molecule has 3 nitrogen and oxygen atoms in total. The van der Waals surface area contributed by atoms with Crippen LogP contribution >= 0.6 is 11.8 Å². The van der Waals surface area contributed by atoms with Gasteiger partial charge in [0, 0.05) is 6.07 Å². The van der Waals surface area contributed by atoms with Crippen molar-refractivity contribution in [1.82, 2.24) is 0 Å². The average molecular weight is 295 g/mol. The van der Waals surface area contributed by atoms with E-state index in [2.05, 4.69) is 13.8 Å². The molecule has 0 aliphatic carbocycles. The van der Waals surface area contributed by atoms with Crippen molar-refractivity contribution in [1.29, 1.82) is 0 Å². The van der Waals surface area contributed by atoms with Gasteiger partial charge < -0.3 is 0 Å². The van der Waals surface area contributed by atoms with Crippen LogP contribution in [0, 0.1) is 10.1 Å². The van der Waals surface area contributed by atoms with Crippen molar-refractivity contribution in [2.75, 3.05) is 5.75 Å². The van der Waals surface area contributed by atoms with Gasteiger partial charge in [0.25, 0.3) is 5.69 Å². The summed E-state index contributed by atoms with van der Waals surface area (Å²) in [5.41, 5.74) is 1.36. The van der Waals surface area contributed by atoms with Crippen LogP contribution in [-0.4, -0.2) is 10.7 Å². The van der Waals surface area contributed by atoms with E-state index in [4.69, 9.17) is 0 Å². The molecule has 0 unspecified atom stereocenters. The van der Waals surface area contributed by atoms with Gasteiger partial charge in [-0.2, -0.15) is 0 Å². The van der Waals surface area contributed by atoms with Gasteiger partial charge in [0.15, 0.2) is 0 Å². The van der Waals surface area contributed by atoms with Crippen molar-refractivity contribution >= 4 is 17.4 Å². The fraction of sp³-hybridized carbons (Fsp3) is 0.625. The second kappa shape index (κ2) is 9.81. The topological polar surface area (TPSA) is 43.1 Å². The normalized spacial score (nSPS) is 10.7. The Morgan fingerprint density at radius 2 is 1.80 bits per heavy atom. The molecule has 0 N–H and O–H groups in total. The van der Waals surface area contributed by atoms with Crippen molar-refractivity contribution in [2.24, 2.45) is 0 Å². The molecule has 112 valence electrons. The molecule has 1 rings (SSSR count). The summed E-state index contributed by atoms with van der Waals surface area (Å²) in [6.07, 6.45) is 7.90. The Balaban J connectivity index is 2.67. The Labute approximate surface area is 126 Å². The van der Waals surface area contributed by atoms with Crippen LogP contribution in [0.5, 0.6) is 0 Å². The first-order valence-electron chi connectivity index (χ1n) is 7.59. The third kappa shape index (κ3) is 5.95. The Bertz CT molecular complexity index is 421. The van der Waals surface area contributed by atoms with Crippen LogP contribution in [0.15, 0.2) is 23.1 Å². The number of thioether (sulfide) groups is 1. The number of nitro benzene ring substituents is 1. The number of hydrogen-bond donors (Lipinski definition) is 0. The minimum absolute atomic E-state index is 0.245. The lowest BCUT2D eigenvalue weighted by atomic mass is 10.1. The summed E-state index contributed by atoms with van der Waals surface area (Å²) in [6.45, 7) is 4.33. The van der Waals surface area contributed by atoms with Crippen molar-refractivity contribution in [3.63, 3.8) is 0 Å². The standard InChI is InChI=1S/C16H25NO2S/c1-3-5-7-9-14-10-11-16(15(13-14)17(18)19)20-12-8-6-4-2/h10-11,13H,3-9,12H2,1-2H3. The van der Waals surface area contributed by atoms with Gasteiger partial charge in [-0.1, -0.05) is 45.6 Å². The Morgan fingerprint density at radius 1 is 1.10 bits per heavy atom. The number of nitrogens with zero attached hydrogens (tertiary/aromatic N) is 1. The molecular formula is C16H25NO2S. The minimum atomic E-state index is -0.245. The summed E-state index contributed by atoms with van der Waals surface area (Å²) in [6, 6.07) is 5.73. The highest BCUT2D eigenvalue weighted by Crippen LogP contribution is 2.31. The van der Waals surface area contributed by atoms with Crippen LogP contribution in [0.2, 0.25) is 0 Å². The molecule has 1 aromatic rings. The van der Waals surface area contributed by atoms with Crippen LogP contribution in [0.1, 0.15) is 57.9 Å². The van der Waals surface area contributed by atoms with E-state index in [1.165, 1.54) is 25.7 Å². The molecule has 1 aromatic carbocycles. The van der Waals surface area contributed by atoms with Gasteiger partial charge in [-0.25, -0.2) is 0 Å². The third-order valence-corrected chi connectivity index (χ3v) is 4.44. The smallest absolute Gasteiger partial charge is 0.258 e. The van der Waals surface area contributed by atoms with Crippen LogP contribution in [-0.2, 0) is 6.42 Å². The second-order valence-corrected chi connectivity index (χ2v) is 6.21. The quantitative estimate of drug-likeness (QED) is 0.244. The van der Waals surface area contributed by atoms with Gasteiger partial charge in [-0.3, -0.25) is 10.1 Å². The second-order valence-electron chi connectivity index (χ2n) is 5.07. The summed E-state index contributed by atoms with van der Waals surface area (Å²) in [5.74, 6) is 0.962. The molecule has 4 heteroatoms. The summed E-state index contributed by atoms with van der Waals surface area (Å²) < 4.78 is 0. The Kier molecular flexibility index (Phi) is 8.35. The third-order valence-electron chi connectivity index (χ3n) is 3.29. The largest absolute Gasteiger partial charge is 0.283 e. The zero-order chi connectivity index (χ0) is 14.8. The molecule has 0 bridgehead atoms. The van der Waals surface area contributed by atoms with Gasteiger partial charge in [-0.15, -0.1) is 11.8 Å². The van der Waals surface area contributed by atoms with E-state index < -0.39 is 0 Å². The first-order chi connectivity index (χ1) is 9.69.